The van der Waals surface area contributed by atoms with E-state index in [0.29, 0.717) is 23.5 Å². The smallest absolute Gasteiger partial charge is 0.188 e. The van der Waals surface area contributed by atoms with E-state index in [9.17, 15) is 0 Å². The van der Waals surface area contributed by atoms with E-state index in [1.54, 1.807) is 0 Å². The number of nitrogens with two attached hydrogens (primary N) is 1. The van der Waals surface area contributed by atoms with Crippen LogP contribution in [0.15, 0.2) is 4.99 Å². The summed E-state index contributed by atoms with van der Waals surface area (Å²) in [5.41, 5.74) is 6.65. The molecular weight excluding hydrogens is 236 g/mol. The molecule has 3 fully saturated rings. The predicted octanol–water partition coefficient (Wildman–Crippen LogP) is 1.71. The van der Waals surface area contributed by atoms with E-state index in [0.717, 1.165) is 13.1 Å². The molecule has 19 heavy (non-hydrogen) atoms. The predicted molar refractivity (Wildman–Crippen MR) is 79.2 cm³/mol. The van der Waals surface area contributed by atoms with Crippen LogP contribution in [0.1, 0.15) is 51.9 Å². The van der Waals surface area contributed by atoms with Crippen LogP contribution in [0.4, 0.5) is 0 Å². The Morgan fingerprint density at radius 2 is 2.16 bits per heavy atom. The number of nitrogens with one attached hydrogen (secondary N) is 1. The average Bonchev–Trinajstić information content (AvgIpc) is 2.82. The Bertz CT molecular complexity index is 346. The third kappa shape index (κ3) is 2.73. The van der Waals surface area contributed by atoms with Crippen LogP contribution in [0.3, 0.4) is 0 Å². The summed E-state index contributed by atoms with van der Waals surface area (Å²) in [5, 5.41) is 3.45. The summed E-state index contributed by atoms with van der Waals surface area (Å²) in [6.07, 6.45) is 9.50. The summed E-state index contributed by atoms with van der Waals surface area (Å²) in [6, 6.07) is 1.23. The number of hydrogen-bond donors (Lipinski definition) is 2. The summed E-state index contributed by atoms with van der Waals surface area (Å²) in [5.74, 6) is 0.678. The van der Waals surface area contributed by atoms with Crippen LogP contribution in [0, 0.1) is 5.41 Å². The largest absolute Gasteiger partial charge is 0.370 e. The van der Waals surface area contributed by atoms with Gasteiger partial charge in [-0.3, -0.25) is 9.89 Å². The second kappa shape index (κ2) is 5.31. The molecule has 3 N–H and O–H groups in total. The highest BCUT2D eigenvalue weighted by molar-refractivity contribution is 5.78. The third-order valence-electron chi connectivity index (χ3n) is 5.49. The lowest BCUT2D eigenvalue weighted by atomic mass is 10.1. The van der Waals surface area contributed by atoms with Gasteiger partial charge in [-0.1, -0.05) is 19.8 Å². The fraction of sp³-hybridized carbons (Fsp3) is 0.933. The first-order chi connectivity index (χ1) is 9.23. The third-order valence-corrected chi connectivity index (χ3v) is 5.49. The van der Waals surface area contributed by atoms with Crippen molar-refractivity contribution >= 4 is 5.96 Å². The van der Waals surface area contributed by atoms with Gasteiger partial charge in [0, 0.05) is 12.1 Å². The fourth-order valence-electron chi connectivity index (χ4n) is 4.13. The van der Waals surface area contributed by atoms with Gasteiger partial charge in [0.2, 0.25) is 0 Å². The van der Waals surface area contributed by atoms with Crippen LogP contribution in [0.25, 0.3) is 0 Å². The van der Waals surface area contributed by atoms with Crippen molar-refractivity contribution in [3.05, 3.63) is 0 Å². The van der Waals surface area contributed by atoms with Crippen molar-refractivity contribution in [2.45, 2.75) is 64.0 Å². The van der Waals surface area contributed by atoms with Gasteiger partial charge >= 0.3 is 0 Å². The Morgan fingerprint density at radius 3 is 2.89 bits per heavy atom. The van der Waals surface area contributed by atoms with E-state index < -0.39 is 0 Å². The van der Waals surface area contributed by atoms with E-state index >= 15 is 0 Å². The lowest BCUT2D eigenvalue weighted by molar-refractivity contribution is 0.273. The number of likely N-dealkylation sites (N-methyl/N-ethyl adjacent to an activating group) is 1. The number of guanidine groups is 1. The molecule has 1 saturated heterocycles. The fourth-order valence-corrected chi connectivity index (χ4v) is 4.13. The van der Waals surface area contributed by atoms with Crippen LogP contribution < -0.4 is 11.1 Å². The Kier molecular flexibility index (Phi) is 3.70. The molecule has 4 nitrogen and oxygen atoms in total. The zero-order valence-electron chi connectivity index (χ0n) is 12.2. The van der Waals surface area contributed by atoms with Crippen LogP contribution in [-0.4, -0.2) is 42.6 Å². The standard InChI is InChI=1S/C15H28N4/c1-2-19-9-5-6-12(19)11-17-14(16)18-13-10-15(13)7-3-4-8-15/h12-13H,2-11H2,1H3,(H3,16,17,18). The van der Waals surface area contributed by atoms with Crippen molar-refractivity contribution in [1.82, 2.24) is 10.2 Å². The lowest BCUT2D eigenvalue weighted by Crippen LogP contribution is -2.38. The first-order valence-corrected chi connectivity index (χ1v) is 8.04. The van der Waals surface area contributed by atoms with Gasteiger partial charge < -0.3 is 11.1 Å². The molecule has 4 heteroatoms. The van der Waals surface area contributed by atoms with Crippen LogP contribution >= 0.6 is 0 Å². The Morgan fingerprint density at radius 1 is 1.37 bits per heavy atom. The lowest BCUT2D eigenvalue weighted by Gasteiger charge is -2.21. The van der Waals surface area contributed by atoms with Gasteiger partial charge in [-0.05, 0) is 50.6 Å². The van der Waals surface area contributed by atoms with Crippen LogP contribution in [0.2, 0.25) is 0 Å². The Labute approximate surface area is 116 Å². The van der Waals surface area contributed by atoms with Gasteiger partial charge in [-0.2, -0.15) is 0 Å². The first kappa shape index (κ1) is 13.2. The number of nitrogens with zero attached hydrogens (tertiary/aromatic N) is 2. The monoisotopic (exact) mass is 264 g/mol. The minimum absolute atomic E-state index is 0.600. The highest BCUT2D eigenvalue weighted by Gasteiger charge is 2.55. The highest BCUT2D eigenvalue weighted by Crippen LogP contribution is 2.57. The number of rotatable bonds is 4. The van der Waals surface area contributed by atoms with Crippen molar-refractivity contribution in [3.8, 4) is 0 Å². The number of aliphatic imine (C=N–C) groups is 1. The maximum absolute atomic E-state index is 6.05. The number of likely N-dealkylation sites (tertiary alicyclic amines) is 1. The van der Waals surface area contributed by atoms with Gasteiger partial charge in [0.25, 0.3) is 0 Å². The molecule has 3 aliphatic rings. The normalized spacial score (nSPS) is 34.1. The molecule has 2 aliphatic carbocycles. The van der Waals surface area contributed by atoms with E-state index in [1.807, 2.05) is 0 Å². The van der Waals surface area contributed by atoms with E-state index in [1.165, 1.54) is 51.5 Å². The summed E-state index contributed by atoms with van der Waals surface area (Å²) in [6.45, 7) is 5.47. The molecule has 0 aromatic rings. The molecule has 1 spiro atoms. The molecule has 0 bridgehead atoms. The van der Waals surface area contributed by atoms with Gasteiger partial charge in [0.05, 0.1) is 6.54 Å². The van der Waals surface area contributed by atoms with Crippen LogP contribution in [-0.2, 0) is 0 Å². The molecule has 1 aliphatic heterocycles. The highest BCUT2D eigenvalue weighted by atomic mass is 15.2. The molecule has 2 atom stereocenters. The maximum Gasteiger partial charge on any atom is 0.188 e. The van der Waals surface area contributed by atoms with Crippen LogP contribution in [0.5, 0.6) is 0 Å². The van der Waals surface area contributed by atoms with Crippen molar-refractivity contribution in [2.75, 3.05) is 19.6 Å². The second-order valence-electron chi connectivity index (χ2n) is 6.62. The quantitative estimate of drug-likeness (QED) is 0.600. The topological polar surface area (TPSA) is 53.6 Å². The minimum atomic E-state index is 0.600. The SMILES string of the molecule is CCN1CCCC1CN=C(N)NC1CC12CCCC2. The molecule has 0 amide bonds. The number of hydrogen-bond acceptors (Lipinski definition) is 2. The zero-order chi connectivity index (χ0) is 13.3. The minimum Gasteiger partial charge on any atom is -0.370 e. The van der Waals surface area contributed by atoms with Crippen molar-refractivity contribution in [1.29, 1.82) is 0 Å². The van der Waals surface area contributed by atoms with Gasteiger partial charge in [0.15, 0.2) is 5.96 Å². The molecule has 3 rings (SSSR count). The van der Waals surface area contributed by atoms with Crippen molar-refractivity contribution in [3.63, 3.8) is 0 Å². The zero-order valence-corrected chi connectivity index (χ0v) is 12.2. The molecule has 1 heterocycles. The van der Waals surface area contributed by atoms with Gasteiger partial charge in [0.1, 0.15) is 0 Å². The maximum atomic E-state index is 6.05. The molecule has 2 unspecified atom stereocenters. The molecule has 0 aromatic heterocycles. The summed E-state index contributed by atoms with van der Waals surface area (Å²) >= 11 is 0. The Hall–Kier alpha value is -0.770. The molecule has 0 aromatic carbocycles. The van der Waals surface area contributed by atoms with E-state index in [4.69, 9.17) is 5.73 Å². The average molecular weight is 264 g/mol. The Balaban J connectivity index is 1.45. The van der Waals surface area contributed by atoms with Crippen molar-refractivity contribution in [2.24, 2.45) is 16.1 Å². The van der Waals surface area contributed by atoms with E-state index in [-0.39, 0.29) is 0 Å². The molecule has 2 saturated carbocycles. The second-order valence-corrected chi connectivity index (χ2v) is 6.62. The first-order valence-electron chi connectivity index (χ1n) is 8.04. The molecule has 108 valence electrons. The summed E-state index contributed by atoms with van der Waals surface area (Å²) in [4.78, 5) is 7.10. The molecular formula is C15H28N4. The summed E-state index contributed by atoms with van der Waals surface area (Å²) < 4.78 is 0. The van der Waals surface area contributed by atoms with Gasteiger partial charge in [-0.15, -0.1) is 0 Å². The van der Waals surface area contributed by atoms with Crippen molar-refractivity contribution < 1.29 is 0 Å². The molecule has 0 radical (unpaired) electrons. The van der Waals surface area contributed by atoms with Gasteiger partial charge in [-0.25, -0.2) is 0 Å². The summed E-state index contributed by atoms with van der Waals surface area (Å²) in [7, 11) is 0. The van der Waals surface area contributed by atoms with E-state index in [2.05, 4.69) is 22.1 Å².